The number of thiophene rings is 2. The van der Waals surface area contributed by atoms with Crippen molar-refractivity contribution in [2.75, 3.05) is 11.1 Å². The molecule has 3 aromatic heterocycles. The molecule has 1 amide bonds. The Morgan fingerprint density at radius 1 is 1.18 bits per heavy atom. The van der Waals surface area contributed by atoms with Crippen LogP contribution in [-0.2, 0) is 0 Å². The summed E-state index contributed by atoms with van der Waals surface area (Å²) in [5.41, 5.74) is 9.68. The van der Waals surface area contributed by atoms with Crippen molar-refractivity contribution in [3.63, 3.8) is 0 Å². The third kappa shape index (κ3) is 3.53. The number of pyridine rings is 1. The van der Waals surface area contributed by atoms with Gasteiger partial charge in [-0.05, 0) is 53.6 Å². The standard InChI is InChI=1S/C22H21N3OS2/c1-3-13(2)14-6-8-15(9-7-14)24-21(26)20-19(23)16-10-11-17(25-22(16)28-20)18-5-4-12-27-18/h4-13H,3,23H2,1-2H3,(H,24,26)/t13-/m1/s1. The number of nitrogens with two attached hydrogens (primary N) is 1. The van der Waals surface area contributed by atoms with E-state index < -0.39 is 0 Å². The predicted octanol–water partition coefficient (Wildman–Crippen LogP) is 6.37. The second kappa shape index (κ2) is 7.73. The highest BCUT2D eigenvalue weighted by molar-refractivity contribution is 7.21. The van der Waals surface area contributed by atoms with Gasteiger partial charge in [-0.25, -0.2) is 4.98 Å². The minimum absolute atomic E-state index is 0.200. The van der Waals surface area contributed by atoms with Gasteiger partial charge in [0, 0.05) is 11.1 Å². The normalized spacial score (nSPS) is 12.2. The average Bonchev–Trinajstić information content (AvgIpc) is 3.36. The summed E-state index contributed by atoms with van der Waals surface area (Å²) in [6.45, 7) is 4.37. The number of rotatable bonds is 5. The van der Waals surface area contributed by atoms with Crippen LogP contribution in [0.4, 0.5) is 11.4 Å². The molecule has 1 aromatic carbocycles. The maximum atomic E-state index is 12.8. The third-order valence-electron chi connectivity index (χ3n) is 4.92. The molecule has 0 bridgehead atoms. The number of anilines is 2. The van der Waals surface area contributed by atoms with Crippen LogP contribution in [0.2, 0.25) is 0 Å². The van der Waals surface area contributed by atoms with Crippen molar-refractivity contribution in [2.45, 2.75) is 26.2 Å². The number of nitrogen functional groups attached to an aromatic ring is 1. The summed E-state index contributed by atoms with van der Waals surface area (Å²) in [5, 5.41) is 5.80. The van der Waals surface area contributed by atoms with Crippen LogP contribution >= 0.6 is 22.7 Å². The van der Waals surface area contributed by atoms with Crippen LogP contribution in [0, 0.1) is 0 Å². The average molecular weight is 408 g/mol. The highest BCUT2D eigenvalue weighted by Gasteiger charge is 2.18. The predicted molar refractivity (Wildman–Crippen MR) is 120 cm³/mol. The quantitative estimate of drug-likeness (QED) is 0.404. The fourth-order valence-corrected chi connectivity index (χ4v) is 4.73. The van der Waals surface area contributed by atoms with Gasteiger partial charge in [0.2, 0.25) is 0 Å². The van der Waals surface area contributed by atoms with E-state index in [0.717, 1.165) is 32.9 Å². The van der Waals surface area contributed by atoms with Crippen molar-refractivity contribution >= 4 is 50.2 Å². The van der Waals surface area contributed by atoms with Gasteiger partial charge >= 0.3 is 0 Å². The Kier molecular flexibility index (Phi) is 5.15. The topological polar surface area (TPSA) is 68.0 Å². The fourth-order valence-electron chi connectivity index (χ4n) is 3.05. The largest absolute Gasteiger partial charge is 0.397 e. The summed E-state index contributed by atoms with van der Waals surface area (Å²) in [6, 6.07) is 15.9. The third-order valence-corrected chi connectivity index (χ3v) is 6.93. The first-order valence-corrected chi connectivity index (χ1v) is 10.9. The number of nitrogens with one attached hydrogen (secondary N) is 1. The molecule has 4 nitrogen and oxygen atoms in total. The van der Waals surface area contributed by atoms with Crippen LogP contribution in [0.3, 0.4) is 0 Å². The number of hydrogen-bond donors (Lipinski definition) is 2. The number of aromatic nitrogens is 1. The van der Waals surface area contributed by atoms with E-state index in [1.54, 1.807) is 11.3 Å². The summed E-state index contributed by atoms with van der Waals surface area (Å²) in [4.78, 5) is 19.9. The molecule has 0 fully saturated rings. The fraction of sp³-hybridized carbons (Fsp3) is 0.182. The van der Waals surface area contributed by atoms with Crippen LogP contribution in [0.5, 0.6) is 0 Å². The minimum Gasteiger partial charge on any atom is -0.397 e. The maximum Gasteiger partial charge on any atom is 0.267 e. The van der Waals surface area contributed by atoms with Crippen LogP contribution in [0.15, 0.2) is 53.9 Å². The molecular formula is C22H21N3OS2. The molecule has 0 spiro atoms. The van der Waals surface area contributed by atoms with Crippen molar-refractivity contribution in [1.82, 2.24) is 4.98 Å². The molecule has 4 aromatic rings. The Hall–Kier alpha value is -2.70. The van der Waals surface area contributed by atoms with Crippen molar-refractivity contribution in [2.24, 2.45) is 0 Å². The summed E-state index contributed by atoms with van der Waals surface area (Å²) >= 11 is 2.97. The summed E-state index contributed by atoms with van der Waals surface area (Å²) in [6.07, 6.45) is 1.09. The molecule has 0 unspecified atom stereocenters. The summed E-state index contributed by atoms with van der Waals surface area (Å²) < 4.78 is 0. The number of amides is 1. The van der Waals surface area contributed by atoms with Gasteiger partial charge in [-0.1, -0.05) is 32.0 Å². The van der Waals surface area contributed by atoms with Crippen LogP contribution in [-0.4, -0.2) is 10.9 Å². The second-order valence-corrected chi connectivity index (χ2v) is 8.70. The van der Waals surface area contributed by atoms with E-state index in [2.05, 4.69) is 31.3 Å². The van der Waals surface area contributed by atoms with E-state index in [-0.39, 0.29) is 5.91 Å². The molecule has 142 valence electrons. The van der Waals surface area contributed by atoms with Gasteiger partial charge in [0.15, 0.2) is 0 Å². The van der Waals surface area contributed by atoms with Crippen molar-refractivity contribution < 1.29 is 4.79 Å². The lowest BCUT2D eigenvalue weighted by Gasteiger charge is -2.10. The van der Waals surface area contributed by atoms with Crippen LogP contribution < -0.4 is 11.1 Å². The molecule has 6 heteroatoms. The molecule has 0 aliphatic heterocycles. The molecule has 0 saturated carbocycles. The number of nitrogens with zero attached hydrogens (tertiary/aromatic N) is 1. The number of carbonyl (C=O) groups is 1. The SMILES string of the molecule is CC[C@@H](C)c1ccc(NC(=O)c2sc3nc(-c4cccs4)ccc3c2N)cc1. The van der Waals surface area contributed by atoms with Crippen molar-refractivity contribution in [3.8, 4) is 10.6 Å². The van der Waals surface area contributed by atoms with E-state index in [0.29, 0.717) is 16.5 Å². The molecule has 0 saturated heterocycles. The van der Waals surface area contributed by atoms with Gasteiger partial charge in [0.05, 0.1) is 16.3 Å². The molecule has 0 radical (unpaired) electrons. The molecule has 3 heterocycles. The molecule has 0 aliphatic carbocycles. The van der Waals surface area contributed by atoms with E-state index in [1.807, 2.05) is 41.8 Å². The number of hydrogen-bond acceptors (Lipinski definition) is 5. The highest BCUT2D eigenvalue weighted by Crippen LogP contribution is 2.35. The first-order valence-electron chi connectivity index (χ1n) is 9.21. The second-order valence-electron chi connectivity index (χ2n) is 6.76. The van der Waals surface area contributed by atoms with E-state index in [9.17, 15) is 4.79 Å². The Balaban J connectivity index is 1.59. The number of benzene rings is 1. The molecule has 0 aliphatic rings. The van der Waals surface area contributed by atoms with Gasteiger partial charge in [0.25, 0.3) is 5.91 Å². The molecule has 28 heavy (non-hydrogen) atoms. The van der Waals surface area contributed by atoms with Gasteiger partial charge in [0.1, 0.15) is 9.71 Å². The molecule has 3 N–H and O–H groups in total. The molecular weight excluding hydrogens is 386 g/mol. The van der Waals surface area contributed by atoms with Crippen LogP contribution in [0.1, 0.15) is 41.4 Å². The lowest BCUT2D eigenvalue weighted by molar-refractivity contribution is 0.103. The Morgan fingerprint density at radius 2 is 1.96 bits per heavy atom. The first kappa shape index (κ1) is 18.7. The lowest BCUT2D eigenvalue weighted by atomic mass is 9.99. The zero-order chi connectivity index (χ0) is 19.7. The maximum absolute atomic E-state index is 12.8. The first-order chi connectivity index (χ1) is 13.6. The van der Waals surface area contributed by atoms with Crippen molar-refractivity contribution in [3.05, 3.63) is 64.4 Å². The van der Waals surface area contributed by atoms with E-state index >= 15 is 0 Å². The van der Waals surface area contributed by atoms with Gasteiger partial charge in [-0.3, -0.25) is 4.79 Å². The van der Waals surface area contributed by atoms with Gasteiger partial charge in [-0.15, -0.1) is 22.7 Å². The van der Waals surface area contributed by atoms with E-state index in [4.69, 9.17) is 10.7 Å². The Morgan fingerprint density at radius 3 is 2.64 bits per heavy atom. The number of fused-ring (bicyclic) bond motifs is 1. The van der Waals surface area contributed by atoms with Crippen LogP contribution in [0.25, 0.3) is 20.8 Å². The lowest BCUT2D eigenvalue weighted by Crippen LogP contribution is -2.12. The molecule has 1 atom stereocenters. The van der Waals surface area contributed by atoms with Gasteiger partial charge < -0.3 is 11.1 Å². The zero-order valence-electron chi connectivity index (χ0n) is 15.7. The molecule has 4 rings (SSSR count). The number of carbonyl (C=O) groups excluding carboxylic acids is 1. The summed E-state index contributed by atoms with van der Waals surface area (Å²) in [7, 11) is 0. The minimum atomic E-state index is -0.200. The highest BCUT2D eigenvalue weighted by atomic mass is 32.1. The summed E-state index contributed by atoms with van der Waals surface area (Å²) in [5.74, 6) is 0.307. The zero-order valence-corrected chi connectivity index (χ0v) is 17.4. The van der Waals surface area contributed by atoms with E-state index in [1.165, 1.54) is 16.9 Å². The van der Waals surface area contributed by atoms with Crippen molar-refractivity contribution in [1.29, 1.82) is 0 Å². The Labute approximate surface area is 172 Å². The Bertz CT molecular complexity index is 1110. The smallest absolute Gasteiger partial charge is 0.267 e. The monoisotopic (exact) mass is 407 g/mol. The van der Waals surface area contributed by atoms with Gasteiger partial charge in [-0.2, -0.15) is 0 Å².